The topological polar surface area (TPSA) is 108 Å². The Morgan fingerprint density at radius 1 is 0.971 bits per heavy atom. The zero-order valence-electron chi connectivity index (χ0n) is 19.3. The molecule has 0 aliphatic heterocycles. The Kier molecular flexibility index (Phi) is 8.27. The van der Waals surface area contributed by atoms with Crippen LogP contribution in [0.2, 0.25) is 0 Å². The number of hydrogen-bond donors (Lipinski definition) is 3. The first-order chi connectivity index (χ1) is 16.2. The number of ether oxygens (including phenoxy) is 1. The highest BCUT2D eigenvalue weighted by Gasteiger charge is 2.28. The average molecular weight is 484 g/mol. The first kappa shape index (κ1) is 25.2. The lowest BCUT2D eigenvalue weighted by Crippen LogP contribution is -2.52. The number of hydroxylamine groups is 1. The molecule has 0 saturated carbocycles. The smallest absolute Gasteiger partial charge is 0.262 e. The van der Waals surface area contributed by atoms with Crippen LogP contribution >= 0.6 is 0 Å². The molecule has 0 radical (unpaired) electrons. The van der Waals surface area contributed by atoms with Gasteiger partial charge in [0, 0.05) is 6.04 Å². The number of benzene rings is 3. The third-order valence-corrected chi connectivity index (χ3v) is 6.47. The van der Waals surface area contributed by atoms with Crippen molar-refractivity contribution in [2.75, 3.05) is 17.1 Å². The van der Waals surface area contributed by atoms with Crippen LogP contribution < -0.4 is 19.8 Å². The molecular formula is C25H29N3O5S. The number of rotatable bonds is 10. The van der Waals surface area contributed by atoms with Gasteiger partial charge in [-0.05, 0) is 55.8 Å². The van der Waals surface area contributed by atoms with Gasteiger partial charge in [-0.2, -0.15) is 0 Å². The summed E-state index contributed by atoms with van der Waals surface area (Å²) in [6.07, 6.45) is 1.07. The van der Waals surface area contributed by atoms with Crippen LogP contribution in [0.25, 0.3) is 0 Å². The van der Waals surface area contributed by atoms with Crippen LogP contribution in [0.15, 0.2) is 78.9 Å². The third kappa shape index (κ3) is 6.80. The van der Waals surface area contributed by atoms with Gasteiger partial charge in [-0.1, -0.05) is 48.0 Å². The molecule has 34 heavy (non-hydrogen) atoms. The molecule has 1 unspecified atom stereocenters. The minimum absolute atomic E-state index is 0.222. The first-order valence-corrected chi connectivity index (χ1v) is 12.6. The summed E-state index contributed by atoms with van der Waals surface area (Å²) in [6, 6.07) is 22.2. The number of aryl methyl sites for hydroxylation is 1. The van der Waals surface area contributed by atoms with E-state index in [1.54, 1.807) is 29.7 Å². The number of nitrogens with one attached hydrogen (secondary N) is 2. The maximum absolute atomic E-state index is 12.6. The Bertz CT molecular complexity index is 1180. The van der Waals surface area contributed by atoms with Gasteiger partial charge >= 0.3 is 0 Å². The number of amides is 1. The summed E-state index contributed by atoms with van der Waals surface area (Å²) in [5, 5.41) is 12.3. The Morgan fingerprint density at radius 3 is 2.06 bits per heavy atom. The lowest BCUT2D eigenvalue weighted by Gasteiger charge is -2.29. The van der Waals surface area contributed by atoms with Crippen LogP contribution in [0.4, 0.5) is 5.69 Å². The molecular weight excluding hydrogens is 454 g/mol. The molecule has 0 saturated heterocycles. The summed E-state index contributed by atoms with van der Waals surface area (Å²) in [5.41, 5.74) is 4.02. The molecule has 3 aromatic carbocycles. The minimum atomic E-state index is -3.74. The van der Waals surface area contributed by atoms with Gasteiger partial charge in [-0.3, -0.25) is 19.6 Å². The molecule has 3 aromatic rings. The second kappa shape index (κ2) is 11.1. The quantitative estimate of drug-likeness (QED) is 0.299. The van der Waals surface area contributed by atoms with Crippen molar-refractivity contribution in [2.45, 2.75) is 25.9 Å². The van der Waals surface area contributed by atoms with E-state index >= 15 is 0 Å². The zero-order valence-corrected chi connectivity index (χ0v) is 20.1. The van der Waals surface area contributed by atoms with E-state index in [4.69, 9.17) is 4.74 Å². The Hall–Kier alpha value is -3.40. The van der Waals surface area contributed by atoms with Crippen LogP contribution in [0, 0.1) is 6.92 Å². The highest BCUT2D eigenvalue weighted by Crippen LogP contribution is 2.26. The van der Waals surface area contributed by atoms with E-state index < -0.39 is 22.0 Å². The maximum atomic E-state index is 12.6. The van der Waals surface area contributed by atoms with E-state index in [0.717, 1.165) is 21.7 Å². The van der Waals surface area contributed by atoms with Crippen LogP contribution in [0.5, 0.6) is 11.5 Å². The fourth-order valence-corrected chi connectivity index (χ4v) is 4.37. The van der Waals surface area contributed by atoms with Crippen LogP contribution in [0.3, 0.4) is 0 Å². The van der Waals surface area contributed by atoms with Crippen molar-refractivity contribution in [1.29, 1.82) is 0 Å². The zero-order chi connectivity index (χ0) is 24.7. The van der Waals surface area contributed by atoms with Crippen LogP contribution in [0.1, 0.15) is 24.1 Å². The lowest BCUT2D eigenvalue weighted by atomic mass is 10.1. The van der Waals surface area contributed by atoms with Crippen LogP contribution in [-0.2, 0) is 14.8 Å². The molecule has 8 nitrogen and oxygen atoms in total. The molecule has 0 heterocycles. The number of carbonyl (C=O) groups excluding carboxylic acids is 1. The van der Waals surface area contributed by atoms with E-state index in [1.807, 2.05) is 68.4 Å². The largest absolute Gasteiger partial charge is 0.457 e. The number of anilines is 1. The van der Waals surface area contributed by atoms with Crippen molar-refractivity contribution in [1.82, 2.24) is 10.8 Å². The lowest BCUT2D eigenvalue weighted by molar-refractivity contribution is -0.131. The summed E-state index contributed by atoms with van der Waals surface area (Å²) in [7, 11) is -3.74. The second-order valence-corrected chi connectivity index (χ2v) is 9.94. The summed E-state index contributed by atoms with van der Waals surface area (Å²) in [5.74, 6) is 0.467. The van der Waals surface area contributed by atoms with E-state index in [-0.39, 0.29) is 12.6 Å². The molecule has 0 aliphatic carbocycles. The SMILES string of the molecule is Cc1ccc(Oc2ccc(N(C[C@H](NC(C)c3ccccc3)C(=O)NO)S(C)(=O)=O)cc2)cc1. The second-order valence-electron chi connectivity index (χ2n) is 8.03. The molecule has 2 atom stereocenters. The average Bonchev–Trinajstić information content (AvgIpc) is 2.83. The van der Waals surface area contributed by atoms with Crippen molar-refractivity contribution < 1.29 is 23.2 Å². The summed E-state index contributed by atoms with van der Waals surface area (Å²) in [4.78, 5) is 12.4. The Labute approximate surface area is 200 Å². The molecule has 0 aliphatic rings. The number of hydrogen-bond acceptors (Lipinski definition) is 6. The number of sulfonamides is 1. The summed E-state index contributed by atoms with van der Waals surface area (Å²) >= 11 is 0. The fourth-order valence-electron chi connectivity index (χ4n) is 3.45. The molecule has 0 spiro atoms. The van der Waals surface area contributed by atoms with Crippen molar-refractivity contribution in [3.63, 3.8) is 0 Å². The van der Waals surface area contributed by atoms with Gasteiger partial charge < -0.3 is 4.74 Å². The van der Waals surface area contributed by atoms with E-state index in [9.17, 15) is 18.4 Å². The summed E-state index contributed by atoms with van der Waals surface area (Å²) in [6.45, 7) is 3.62. The van der Waals surface area contributed by atoms with E-state index in [0.29, 0.717) is 17.2 Å². The molecule has 0 bridgehead atoms. The van der Waals surface area contributed by atoms with Crippen molar-refractivity contribution in [3.05, 3.63) is 90.0 Å². The van der Waals surface area contributed by atoms with Gasteiger partial charge in [0.05, 0.1) is 18.5 Å². The van der Waals surface area contributed by atoms with Gasteiger partial charge in [0.2, 0.25) is 10.0 Å². The van der Waals surface area contributed by atoms with Crippen molar-refractivity contribution >= 4 is 21.6 Å². The van der Waals surface area contributed by atoms with Gasteiger partial charge in [-0.15, -0.1) is 0 Å². The molecule has 3 rings (SSSR count). The monoisotopic (exact) mass is 483 g/mol. The molecule has 3 N–H and O–H groups in total. The van der Waals surface area contributed by atoms with Crippen molar-refractivity contribution in [3.8, 4) is 11.5 Å². The Morgan fingerprint density at radius 2 is 1.53 bits per heavy atom. The van der Waals surface area contributed by atoms with Gasteiger partial charge in [-0.25, -0.2) is 13.9 Å². The maximum Gasteiger partial charge on any atom is 0.262 e. The highest BCUT2D eigenvalue weighted by molar-refractivity contribution is 7.92. The molecule has 180 valence electrons. The molecule has 0 aromatic heterocycles. The van der Waals surface area contributed by atoms with Gasteiger partial charge in [0.15, 0.2) is 0 Å². The van der Waals surface area contributed by atoms with Gasteiger partial charge in [0.25, 0.3) is 5.91 Å². The molecule has 9 heteroatoms. The third-order valence-electron chi connectivity index (χ3n) is 5.31. The fraction of sp³-hybridized carbons (Fsp3) is 0.240. The Balaban J connectivity index is 1.80. The summed E-state index contributed by atoms with van der Waals surface area (Å²) < 4.78 is 32.2. The predicted molar refractivity (Wildman–Crippen MR) is 132 cm³/mol. The molecule has 1 amide bonds. The predicted octanol–water partition coefficient (Wildman–Crippen LogP) is 3.78. The minimum Gasteiger partial charge on any atom is -0.457 e. The van der Waals surface area contributed by atoms with Crippen molar-refractivity contribution in [2.24, 2.45) is 0 Å². The standard InChI is InChI=1S/C25H29N3O5S/c1-18-9-13-22(14-10-18)33-23-15-11-21(12-16-23)28(34(3,31)32)17-24(25(29)27-30)26-19(2)20-7-5-4-6-8-20/h4-16,19,24,26,30H,17H2,1-3H3,(H,27,29)/t19?,24-/m0/s1. The number of carbonyl (C=O) groups is 1. The highest BCUT2D eigenvalue weighted by atomic mass is 32.2. The first-order valence-electron chi connectivity index (χ1n) is 10.7. The molecule has 0 fully saturated rings. The van der Waals surface area contributed by atoms with Crippen LogP contribution in [-0.4, -0.2) is 38.4 Å². The normalized spacial score (nSPS) is 13.1. The number of nitrogens with zero attached hydrogens (tertiary/aromatic N) is 1. The van der Waals surface area contributed by atoms with E-state index in [2.05, 4.69) is 5.32 Å². The van der Waals surface area contributed by atoms with E-state index in [1.165, 1.54) is 0 Å². The van der Waals surface area contributed by atoms with Gasteiger partial charge in [0.1, 0.15) is 17.5 Å².